The fraction of sp³-hybridized carbons (Fsp3) is 0.167. The molecule has 0 aliphatic heterocycles. The van der Waals surface area contributed by atoms with Gasteiger partial charge in [-0.1, -0.05) is 36.4 Å². The highest BCUT2D eigenvalue weighted by atomic mass is 16.3. The van der Waals surface area contributed by atoms with Gasteiger partial charge in [0.25, 0.3) is 0 Å². The molecule has 0 N–H and O–H groups in total. The van der Waals surface area contributed by atoms with Crippen LogP contribution in [0.2, 0.25) is 0 Å². The molecule has 0 saturated heterocycles. The smallest absolute Gasteiger partial charge is 0.108 e. The zero-order chi connectivity index (χ0) is 9.26. The van der Waals surface area contributed by atoms with Gasteiger partial charge in [-0.25, -0.2) is 5.11 Å². The normalized spacial score (nSPS) is 10.6. The Labute approximate surface area is 77.6 Å². The van der Waals surface area contributed by atoms with Crippen LogP contribution < -0.4 is 0 Å². The van der Waals surface area contributed by atoms with Crippen molar-refractivity contribution in [1.29, 1.82) is 0 Å². The molecular formula is C12H11O. The molecule has 2 aromatic carbocycles. The third-order valence-corrected chi connectivity index (χ3v) is 2.39. The first-order valence-electron chi connectivity index (χ1n) is 4.38. The third kappa shape index (κ3) is 1.31. The van der Waals surface area contributed by atoms with Gasteiger partial charge in [0.1, 0.15) is 6.61 Å². The van der Waals surface area contributed by atoms with Gasteiger partial charge in [-0.2, -0.15) is 0 Å². The summed E-state index contributed by atoms with van der Waals surface area (Å²) in [5.41, 5.74) is 2.12. The molecule has 13 heavy (non-hydrogen) atoms. The number of rotatable bonds is 1. The molecule has 2 rings (SSSR count). The summed E-state index contributed by atoms with van der Waals surface area (Å²) in [6.45, 7) is 1.93. The molecule has 0 unspecified atom stereocenters. The first kappa shape index (κ1) is 8.27. The van der Waals surface area contributed by atoms with E-state index in [0.29, 0.717) is 0 Å². The van der Waals surface area contributed by atoms with Gasteiger partial charge in [0.05, 0.1) is 0 Å². The molecule has 0 aliphatic rings. The second-order valence-electron chi connectivity index (χ2n) is 3.23. The van der Waals surface area contributed by atoms with E-state index in [2.05, 4.69) is 19.1 Å². The highest BCUT2D eigenvalue weighted by Gasteiger charge is 2.00. The Bertz CT molecular complexity index is 432. The maximum atomic E-state index is 10.9. The Morgan fingerprint density at radius 1 is 1.00 bits per heavy atom. The fourth-order valence-electron chi connectivity index (χ4n) is 1.66. The molecule has 0 heterocycles. The van der Waals surface area contributed by atoms with E-state index in [-0.39, 0.29) is 6.61 Å². The van der Waals surface area contributed by atoms with Crippen LogP contribution in [-0.2, 0) is 11.7 Å². The van der Waals surface area contributed by atoms with Crippen molar-refractivity contribution in [1.82, 2.24) is 0 Å². The van der Waals surface area contributed by atoms with E-state index in [1.807, 2.05) is 24.3 Å². The number of aryl methyl sites for hydroxylation is 1. The largest absolute Gasteiger partial charge is 0.232 e. The summed E-state index contributed by atoms with van der Waals surface area (Å²) in [6.07, 6.45) is 0. The van der Waals surface area contributed by atoms with Crippen LogP contribution in [0.3, 0.4) is 0 Å². The maximum absolute atomic E-state index is 10.9. The predicted octanol–water partition coefficient (Wildman–Crippen LogP) is 3.08. The molecule has 0 atom stereocenters. The summed E-state index contributed by atoms with van der Waals surface area (Å²) in [5.74, 6) is 0. The summed E-state index contributed by atoms with van der Waals surface area (Å²) in [6, 6.07) is 12.0. The van der Waals surface area contributed by atoms with Crippen LogP contribution in [0.1, 0.15) is 11.1 Å². The summed E-state index contributed by atoms with van der Waals surface area (Å²) in [7, 11) is 0. The quantitative estimate of drug-likeness (QED) is 0.628. The van der Waals surface area contributed by atoms with Crippen LogP contribution in [0.15, 0.2) is 36.4 Å². The van der Waals surface area contributed by atoms with E-state index in [1.54, 1.807) is 0 Å². The van der Waals surface area contributed by atoms with Crippen molar-refractivity contribution in [3.63, 3.8) is 0 Å². The Balaban J connectivity index is 2.84. The molecule has 0 saturated carbocycles. The molecule has 65 valence electrons. The van der Waals surface area contributed by atoms with Gasteiger partial charge >= 0.3 is 0 Å². The number of hydrogen-bond acceptors (Lipinski definition) is 0. The molecule has 0 amide bonds. The minimum Gasteiger partial charge on any atom is -0.232 e. The van der Waals surface area contributed by atoms with E-state index >= 15 is 0 Å². The van der Waals surface area contributed by atoms with E-state index < -0.39 is 0 Å². The Kier molecular flexibility index (Phi) is 2.03. The molecule has 2 aromatic rings. The first-order chi connectivity index (χ1) is 6.33. The lowest BCUT2D eigenvalue weighted by molar-refractivity contribution is 0.179. The molecule has 1 radical (unpaired) electrons. The average molecular weight is 171 g/mol. The van der Waals surface area contributed by atoms with Gasteiger partial charge in [0.2, 0.25) is 0 Å². The molecule has 0 bridgehead atoms. The summed E-state index contributed by atoms with van der Waals surface area (Å²) in [4.78, 5) is 0. The minimum absolute atomic E-state index is 0.138. The topological polar surface area (TPSA) is 19.9 Å². The highest BCUT2D eigenvalue weighted by Crippen LogP contribution is 2.21. The number of benzene rings is 2. The fourth-order valence-corrected chi connectivity index (χ4v) is 1.66. The van der Waals surface area contributed by atoms with Crippen LogP contribution in [0.25, 0.3) is 10.8 Å². The highest BCUT2D eigenvalue weighted by molar-refractivity contribution is 5.88. The second-order valence-corrected chi connectivity index (χ2v) is 3.23. The van der Waals surface area contributed by atoms with Crippen LogP contribution in [0.4, 0.5) is 0 Å². The average Bonchev–Trinajstić information content (AvgIpc) is 2.18. The van der Waals surface area contributed by atoms with Gasteiger partial charge in [-0.3, -0.25) is 0 Å². The molecule has 0 spiro atoms. The van der Waals surface area contributed by atoms with Crippen LogP contribution >= 0.6 is 0 Å². The monoisotopic (exact) mass is 171 g/mol. The lowest BCUT2D eigenvalue weighted by atomic mass is 10.0. The molecule has 1 nitrogen and oxygen atoms in total. The second kappa shape index (κ2) is 3.19. The zero-order valence-corrected chi connectivity index (χ0v) is 7.58. The lowest BCUT2D eigenvalue weighted by Crippen LogP contribution is -1.85. The molecule has 0 aromatic heterocycles. The van der Waals surface area contributed by atoms with Crippen molar-refractivity contribution < 1.29 is 5.11 Å². The van der Waals surface area contributed by atoms with Crippen molar-refractivity contribution in [2.24, 2.45) is 0 Å². The Morgan fingerprint density at radius 3 is 2.46 bits per heavy atom. The standard InChI is InChI=1S/C12H11O/c1-9-4-2-7-12-10(8-13)5-3-6-11(9)12/h2-7H,8H2,1H3. The molecule has 1 heteroatoms. The number of fused-ring (bicyclic) bond motifs is 1. The van der Waals surface area contributed by atoms with Crippen molar-refractivity contribution in [3.8, 4) is 0 Å². The van der Waals surface area contributed by atoms with Crippen LogP contribution in [0.5, 0.6) is 0 Å². The lowest BCUT2D eigenvalue weighted by Gasteiger charge is -2.04. The van der Waals surface area contributed by atoms with E-state index in [9.17, 15) is 5.11 Å². The maximum Gasteiger partial charge on any atom is 0.108 e. The number of hydrogen-bond donors (Lipinski definition) is 0. The van der Waals surface area contributed by atoms with Crippen molar-refractivity contribution >= 4 is 10.8 Å². The van der Waals surface area contributed by atoms with Gasteiger partial charge in [-0.05, 0) is 28.8 Å². The summed E-state index contributed by atoms with van der Waals surface area (Å²) >= 11 is 0. The van der Waals surface area contributed by atoms with Gasteiger partial charge in [0, 0.05) is 0 Å². The zero-order valence-electron chi connectivity index (χ0n) is 7.58. The molecule has 0 aliphatic carbocycles. The molecule has 0 fully saturated rings. The van der Waals surface area contributed by atoms with Crippen molar-refractivity contribution in [2.45, 2.75) is 13.5 Å². The van der Waals surface area contributed by atoms with E-state index in [1.165, 1.54) is 10.9 Å². The van der Waals surface area contributed by atoms with Gasteiger partial charge in [-0.15, -0.1) is 0 Å². The minimum atomic E-state index is -0.138. The Hall–Kier alpha value is -1.34. The van der Waals surface area contributed by atoms with Crippen molar-refractivity contribution in [2.75, 3.05) is 0 Å². The summed E-state index contributed by atoms with van der Waals surface area (Å²) in [5, 5.41) is 13.1. The Morgan fingerprint density at radius 2 is 1.69 bits per heavy atom. The third-order valence-electron chi connectivity index (χ3n) is 2.39. The van der Waals surface area contributed by atoms with E-state index in [0.717, 1.165) is 10.9 Å². The van der Waals surface area contributed by atoms with Crippen molar-refractivity contribution in [3.05, 3.63) is 47.5 Å². The van der Waals surface area contributed by atoms with Crippen LogP contribution in [-0.4, -0.2) is 0 Å². The van der Waals surface area contributed by atoms with E-state index in [4.69, 9.17) is 0 Å². The van der Waals surface area contributed by atoms with Crippen LogP contribution in [0, 0.1) is 6.92 Å². The van der Waals surface area contributed by atoms with Gasteiger partial charge in [0.15, 0.2) is 0 Å². The first-order valence-corrected chi connectivity index (χ1v) is 4.38. The predicted molar refractivity (Wildman–Crippen MR) is 53.1 cm³/mol. The summed E-state index contributed by atoms with van der Waals surface area (Å²) < 4.78 is 0. The van der Waals surface area contributed by atoms with Gasteiger partial charge < -0.3 is 0 Å². The SMILES string of the molecule is Cc1cccc2c(C[O])cccc12. The molecular weight excluding hydrogens is 160 g/mol.